The lowest BCUT2D eigenvalue weighted by Crippen LogP contribution is -2.24. The van der Waals surface area contributed by atoms with E-state index in [-0.39, 0.29) is 0 Å². The summed E-state index contributed by atoms with van der Waals surface area (Å²) in [6, 6.07) is 6.42. The van der Waals surface area contributed by atoms with Crippen molar-refractivity contribution in [2.24, 2.45) is 5.92 Å². The summed E-state index contributed by atoms with van der Waals surface area (Å²) in [5, 5.41) is 0. The van der Waals surface area contributed by atoms with Crippen molar-refractivity contribution in [1.82, 2.24) is 0 Å². The van der Waals surface area contributed by atoms with Crippen LogP contribution < -0.4 is 10.6 Å². The van der Waals surface area contributed by atoms with Crippen molar-refractivity contribution in [3.8, 4) is 0 Å². The quantitative estimate of drug-likeness (QED) is 0.817. The molecule has 1 unspecified atom stereocenters. The highest BCUT2D eigenvalue weighted by atomic mass is 15.1. The van der Waals surface area contributed by atoms with Crippen molar-refractivity contribution in [1.29, 1.82) is 0 Å². The van der Waals surface area contributed by atoms with Crippen LogP contribution in [0.5, 0.6) is 0 Å². The third-order valence-electron chi connectivity index (χ3n) is 3.99. The summed E-state index contributed by atoms with van der Waals surface area (Å²) in [5.74, 6) is 0.933. The Hall–Kier alpha value is -1.18. The molecule has 1 atom stereocenters. The van der Waals surface area contributed by atoms with Gasteiger partial charge in [-0.3, -0.25) is 0 Å². The fourth-order valence-electron chi connectivity index (χ4n) is 3.09. The number of hydrogen-bond donors (Lipinski definition) is 1. The molecule has 1 saturated heterocycles. The fraction of sp³-hybridized carbons (Fsp3) is 0.625. The van der Waals surface area contributed by atoms with Crippen LogP contribution in [0.4, 0.5) is 11.4 Å². The van der Waals surface area contributed by atoms with Gasteiger partial charge in [0, 0.05) is 24.5 Å². The number of rotatable bonds is 3. The summed E-state index contributed by atoms with van der Waals surface area (Å²) in [5.41, 5.74) is 9.41. The van der Waals surface area contributed by atoms with E-state index in [9.17, 15) is 0 Å². The van der Waals surface area contributed by atoms with E-state index in [0.717, 1.165) is 11.6 Å². The number of benzene rings is 1. The average Bonchev–Trinajstić information content (AvgIpc) is 2.54. The zero-order valence-corrected chi connectivity index (χ0v) is 11.8. The van der Waals surface area contributed by atoms with E-state index in [2.05, 4.69) is 30.9 Å². The minimum absolute atomic E-state index is 0.888. The second-order valence-corrected chi connectivity index (χ2v) is 5.67. The molecule has 1 aliphatic rings. The molecule has 100 valence electrons. The highest BCUT2D eigenvalue weighted by Gasteiger charge is 2.16. The molecule has 1 fully saturated rings. The van der Waals surface area contributed by atoms with E-state index in [1.807, 2.05) is 6.07 Å². The molecule has 1 aromatic rings. The van der Waals surface area contributed by atoms with E-state index >= 15 is 0 Å². The maximum atomic E-state index is 5.95. The normalized spacial score (nSPS) is 20.8. The molecule has 18 heavy (non-hydrogen) atoms. The number of hydrogen-bond acceptors (Lipinski definition) is 2. The number of nitrogens with zero attached hydrogens (tertiary/aromatic N) is 1. The molecule has 0 aliphatic carbocycles. The van der Waals surface area contributed by atoms with E-state index in [0.29, 0.717) is 0 Å². The lowest BCUT2D eigenvalue weighted by Gasteiger charge is -2.23. The third-order valence-corrected chi connectivity index (χ3v) is 3.99. The van der Waals surface area contributed by atoms with Crippen LogP contribution in [0.2, 0.25) is 0 Å². The van der Waals surface area contributed by atoms with Gasteiger partial charge in [-0.2, -0.15) is 0 Å². The zero-order chi connectivity index (χ0) is 13.0. The van der Waals surface area contributed by atoms with Crippen molar-refractivity contribution < 1.29 is 0 Å². The average molecular weight is 246 g/mol. The van der Waals surface area contributed by atoms with Crippen molar-refractivity contribution in [3.63, 3.8) is 0 Å². The highest BCUT2D eigenvalue weighted by Crippen LogP contribution is 2.27. The van der Waals surface area contributed by atoms with Crippen molar-refractivity contribution in [2.75, 3.05) is 23.7 Å². The first-order chi connectivity index (χ1) is 8.69. The molecule has 2 nitrogen and oxygen atoms in total. The Kier molecular flexibility index (Phi) is 4.51. The molecule has 1 aromatic carbocycles. The van der Waals surface area contributed by atoms with Gasteiger partial charge in [-0.05, 0) is 55.9 Å². The van der Waals surface area contributed by atoms with Crippen LogP contribution in [0, 0.1) is 12.8 Å². The van der Waals surface area contributed by atoms with Crippen molar-refractivity contribution >= 4 is 11.4 Å². The van der Waals surface area contributed by atoms with Gasteiger partial charge in [-0.25, -0.2) is 0 Å². The predicted molar refractivity (Wildman–Crippen MR) is 80.1 cm³/mol. The Bertz CT molecular complexity index is 366. The molecule has 0 amide bonds. The van der Waals surface area contributed by atoms with Crippen molar-refractivity contribution in [2.45, 2.75) is 46.0 Å². The molecule has 2 heteroatoms. The molecule has 0 saturated carbocycles. The summed E-state index contributed by atoms with van der Waals surface area (Å²) >= 11 is 0. The van der Waals surface area contributed by atoms with Crippen LogP contribution in [0.3, 0.4) is 0 Å². The Labute approximate surface area is 111 Å². The zero-order valence-electron chi connectivity index (χ0n) is 11.8. The standard InChI is InChI=1S/C16H26N2/c1-3-5-14-6-4-8-18(9-7-14)16-11-13(2)10-15(17)12-16/h10-12,14H,3-9,17H2,1-2H3. The largest absolute Gasteiger partial charge is 0.399 e. The monoisotopic (exact) mass is 246 g/mol. The summed E-state index contributed by atoms with van der Waals surface area (Å²) in [6.07, 6.45) is 6.76. The molecule has 1 aliphatic heterocycles. The SMILES string of the molecule is CCCC1CCCN(c2cc(C)cc(N)c2)CC1. The van der Waals surface area contributed by atoms with Gasteiger partial charge in [-0.1, -0.05) is 19.8 Å². The Balaban J connectivity index is 2.05. The van der Waals surface area contributed by atoms with Gasteiger partial charge in [0.1, 0.15) is 0 Å². The van der Waals surface area contributed by atoms with Gasteiger partial charge in [-0.15, -0.1) is 0 Å². The minimum Gasteiger partial charge on any atom is -0.399 e. The number of nitrogen functional groups attached to an aromatic ring is 1. The molecule has 2 rings (SSSR count). The third kappa shape index (κ3) is 3.41. The minimum atomic E-state index is 0.888. The van der Waals surface area contributed by atoms with Crippen LogP contribution >= 0.6 is 0 Å². The first-order valence-electron chi connectivity index (χ1n) is 7.31. The van der Waals surface area contributed by atoms with Crippen LogP contribution in [0.15, 0.2) is 18.2 Å². The maximum absolute atomic E-state index is 5.95. The van der Waals surface area contributed by atoms with Gasteiger partial charge in [0.25, 0.3) is 0 Å². The second kappa shape index (κ2) is 6.12. The Morgan fingerprint density at radius 1 is 1.22 bits per heavy atom. The molecular weight excluding hydrogens is 220 g/mol. The smallest absolute Gasteiger partial charge is 0.0389 e. The summed E-state index contributed by atoms with van der Waals surface area (Å²) in [6.45, 7) is 6.79. The van der Waals surface area contributed by atoms with Gasteiger partial charge < -0.3 is 10.6 Å². The summed E-state index contributed by atoms with van der Waals surface area (Å²) < 4.78 is 0. The molecule has 0 bridgehead atoms. The highest BCUT2D eigenvalue weighted by molar-refractivity contribution is 5.58. The lowest BCUT2D eigenvalue weighted by molar-refractivity contribution is 0.435. The summed E-state index contributed by atoms with van der Waals surface area (Å²) in [7, 11) is 0. The van der Waals surface area contributed by atoms with E-state index in [1.165, 1.54) is 56.4 Å². The van der Waals surface area contributed by atoms with Gasteiger partial charge in [0.2, 0.25) is 0 Å². The van der Waals surface area contributed by atoms with Gasteiger partial charge in [0.15, 0.2) is 0 Å². The number of anilines is 2. The molecule has 1 heterocycles. The Morgan fingerprint density at radius 2 is 2.06 bits per heavy atom. The van der Waals surface area contributed by atoms with Crippen LogP contribution in [-0.4, -0.2) is 13.1 Å². The predicted octanol–water partition coefficient (Wildman–Crippen LogP) is 3.98. The van der Waals surface area contributed by atoms with Crippen LogP contribution in [0.25, 0.3) is 0 Å². The van der Waals surface area contributed by atoms with Gasteiger partial charge >= 0.3 is 0 Å². The molecule has 2 N–H and O–H groups in total. The molecule has 0 spiro atoms. The Morgan fingerprint density at radius 3 is 2.78 bits per heavy atom. The molecular formula is C16H26N2. The number of aryl methyl sites for hydroxylation is 1. The van der Waals surface area contributed by atoms with E-state index < -0.39 is 0 Å². The van der Waals surface area contributed by atoms with Gasteiger partial charge in [0.05, 0.1) is 0 Å². The van der Waals surface area contributed by atoms with E-state index in [4.69, 9.17) is 5.73 Å². The summed E-state index contributed by atoms with van der Waals surface area (Å²) in [4.78, 5) is 2.51. The fourth-order valence-corrected chi connectivity index (χ4v) is 3.09. The lowest BCUT2D eigenvalue weighted by atomic mass is 9.96. The van der Waals surface area contributed by atoms with Crippen LogP contribution in [-0.2, 0) is 0 Å². The first kappa shape index (κ1) is 13.3. The topological polar surface area (TPSA) is 29.3 Å². The number of nitrogens with two attached hydrogens (primary N) is 1. The second-order valence-electron chi connectivity index (χ2n) is 5.67. The molecule has 0 radical (unpaired) electrons. The van der Waals surface area contributed by atoms with E-state index in [1.54, 1.807) is 0 Å². The maximum Gasteiger partial charge on any atom is 0.0389 e. The van der Waals surface area contributed by atoms with Crippen molar-refractivity contribution in [3.05, 3.63) is 23.8 Å². The first-order valence-corrected chi connectivity index (χ1v) is 7.31. The van der Waals surface area contributed by atoms with Crippen LogP contribution in [0.1, 0.15) is 44.6 Å². The molecule has 0 aromatic heterocycles.